The summed E-state index contributed by atoms with van der Waals surface area (Å²) in [6, 6.07) is 10.5. The number of carbonyl (C=O) groups excluding carboxylic acids is 2. The van der Waals surface area contributed by atoms with Crippen molar-refractivity contribution < 1.29 is 19.1 Å². The summed E-state index contributed by atoms with van der Waals surface area (Å²) in [7, 11) is 1.53. The molecule has 0 aliphatic carbocycles. The van der Waals surface area contributed by atoms with E-state index in [1.165, 1.54) is 20.1 Å². The number of ether oxygens (including phenoxy) is 2. The molecule has 1 N–H and O–H groups in total. The van der Waals surface area contributed by atoms with Crippen molar-refractivity contribution in [3.8, 4) is 11.5 Å². The molecule has 0 saturated carbocycles. The molecule has 0 radical (unpaired) electrons. The van der Waals surface area contributed by atoms with Gasteiger partial charge in [-0.2, -0.15) is 0 Å². The van der Waals surface area contributed by atoms with E-state index in [2.05, 4.69) is 10.3 Å². The Balaban J connectivity index is 1.67. The molecule has 0 aliphatic heterocycles. The SMILES string of the molecule is COc1cc(/C=C/C(=O)Nc2nc(C)c(C(C)=O)s2)ccc1OCc1c(Cl)cccc1Cl. The van der Waals surface area contributed by atoms with E-state index >= 15 is 0 Å². The maximum absolute atomic E-state index is 12.2. The normalized spacial score (nSPS) is 10.9. The summed E-state index contributed by atoms with van der Waals surface area (Å²) in [5.74, 6) is 0.571. The summed E-state index contributed by atoms with van der Waals surface area (Å²) in [5.41, 5.74) is 2.02. The van der Waals surface area contributed by atoms with Crippen LogP contribution in [0.25, 0.3) is 6.08 Å². The van der Waals surface area contributed by atoms with Crippen LogP contribution in [0.4, 0.5) is 5.13 Å². The third-order valence-corrected chi connectivity index (χ3v) is 6.28. The number of aryl methyl sites for hydroxylation is 1. The highest BCUT2D eigenvalue weighted by molar-refractivity contribution is 7.17. The summed E-state index contributed by atoms with van der Waals surface area (Å²) >= 11 is 13.5. The first-order chi connectivity index (χ1) is 15.3. The van der Waals surface area contributed by atoms with Gasteiger partial charge in [0, 0.05) is 28.6 Å². The molecule has 0 bridgehead atoms. The maximum atomic E-state index is 12.2. The van der Waals surface area contributed by atoms with E-state index in [1.807, 2.05) is 0 Å². The van der Waals surface area contributed by atoms with Crippen molar-refractivity contribution in [2.24, 2.45) is 0 Å². The van der Waals surface area contributed by atoms with Gasteiger partial charge in [0.15, 0.2) is 22.4 Å². The predicted octanol–water partition coefficient (Wildman–Crippen LogP) is 6.20. The molecule has 6 nitrogen and oxygen atoms in total. The lowest BCUT2D eigenvalue weighted by molar-refractivity contribution is -0.111. The largest absolute Gasteiger partial charge is 0.493 e. The molecule has 2 aromatic carbocycles. The lowest BCUT2D eigenvalue weighted by Crippen LogP contribution is -2.07. The zero-order valence-electron chi connectivity index (χ0n) is 17.6. The van der Waals surface area contributed by atoms with Crippen LogP contribution < -0.4 is 14.8 Å². The average Bonchev–Trinajstić information content (AvgIpc) is 3.12. The average molecular weight is 491 g/mol. The molecule has 0 unspecified atom stereocenters. The minimum absolute atomic E-state index is 0.0812. The summed E-state index contributed by atoms with van der Waals surface area (Å²) in [5, 5.41) is 4.08. The van der Waals surface area contributed by atoms with Gasteiger partial charge in [-0.3, -0.25) is 14.9 Å². The molecule has 32 heavy (non-hydrogen) atoms. The minimum Gasteiger partial charge on any atom is -0.493 e. The number of methoxy groups -OCH3 is 1. The van der Waals surface area contributed by atoms with Gasteiger partial charge in [-0.05, 0) is 42.8 Å². The van der Waals surface area contributed by atoms with Crippen LogP contribution in [-0.2, 0) is 11.4 Å². The van der Waals surface area contributed by atoms with Crippen LogP contribution in [-0.4, -0.2) is 23.8 Å². The van der Waals surface area contributed by atoms with Gasteiger partial charge in [0.05, 0.1) is 17.7 Å². The topological polar surface area (TPSA) is 77.5 Å². The Hall–Kier alpha value is -2.87. The Morgan fingerprint density at radius 1 is 1.16 bits per heavy atom. The lowest BCUT2D eigenvalue weighted by Gasteiger charge is -2.13. The standard InChI is InChI=1S/C23H20Cl2N2O4S/c1-13-22(14(2)28)32-23(26-13)27-21(29)10-8-15-7-9-19(20(11-15)30-3)31-12-16-17(24)5-4-6-18(16)25/h4-11H,12H2,1-3H3,(H,26,27,29)/b10-8+. The van der Waals surface area contributed by atoms with E-state index in [0.717, 1.165) is 16.9 Å². The van der Waals surface area contributed by atoms with Crippen molar-refractivity contribution in [3.63, 3.8) is 0 Å². The van der Waals surface area contributed by atoms with E-state index in [9.17, 15) is 9.59 Å². The minimum atomic E-state index is -0.360. The van der Waals surface area contributed by atoms with Gasteiger partial charge in [-0.1, -0.05) is 46.7 Å². The molecule has 1 aromatic heterocycles. The molecular weight excluding hydrogens is 471 g/mol. The number of thiazole rings is 1. The Morgan fingerprint density at radius 2 is 1.88 bits per heavy atom. The first-order valence-electron chi connectivity index (χ1n) is 9.49. The van der Waals surface area contributed by atoms with Gasteiger partial charge in [-0.15, -0.1) is 0 Å². The van der Waals surface area contributed by atoms with Crippen LogP contribution in [0.15, 0.2) is 42.5 Å². The van der Waals surface area contributed by atoms with Crippen molar-refractivity contribution in [1.29, 1.82) is 0 Å². The number of halogens is 2. The van der Waals surface area contributed by atoms with Crippen LogP contribution in [0, 0.1) is 6.92 Å². The van der Waals surface area contributed by atoms with Crippen molar-refractivity contribution in [2.75, 3.05) is 12.4 Å². The molecule has 3 aromatic rings. The maximum Gasteiger partial charge on any atom is 0.250 e. The number of carbonyl (C=O) groups is 2. The van der Waals surface area contributed by atoms with Gasteiger partial charge >= 0.3 is 0 Å². The fraction of sp³-hybridized carbons (Fsp3) is 0.174. The molecular formula is C23H20Cl2N2O4S. The zero-order chi connectivity index (χ0) is 23.3. The molecule has 0 spiro atoms. The summed E-state index contributed by atoms with van der Waals surface area (Å²) < 4.78 is 11.2. The Morgan fingerprint density at radius 3 is 2.50 bits per heavy atom. The molecule has 166 valence electrons. The first kappa shape index (κ1) is 23.8. The van der Waals surface area contributed by atoms with Crippen molar-refractivity contribution in [3.05, 3.63) is 74.2 Å². The number of anilines is 1. The number of Topliss-reactive ketones (excluding diaryl/α,β-unsaturated/α-hetero) is 1. The number of ketones is 1. The van der Waals surface area contributed by atoms with E-state index in [1.54, 1.807) is 49.4 Å². The second-order valence-corrected chi connectivity index (χ2v) is 8.52. The monoisotopic (exact) mass is 490 g/mol. The number of nitrogens with zero attached hydrogens (tertiary/aromatic N) is 1. The molecule has 9 heteroatoms. The van der Waals surface area contributed by atoms with Crippen LogP contribution in [0.3, 0.4) is 0 Å². The second-order valence-electron chi connectivity index (χ2n) is 6.71. The number of hydrogen-bond donors (Lipinski definition) is 1. The Bertz CT molecular complexity index is 1170. The highest BCUT2D eigenvalue weighted by atomic mass is 35.5. The summed E-state index contributed by atoms with van der Waals surface area (Å²) in [4.78, 5) is 28.5. The zero-order valence-corrected chi connectivity index (χ0v) is 19.9. The van der Waals surface area contributed by atoms with Gasteiger partial charge in [-0.25, -0.2) is 4.98 Å². The smallest absolute Gasteiger partial charge is 0.250 e. The fourth-order valence-electron chi connectivity index (χ4n) is 2.82. The molecule has 1 amide bonds. The van der Waals surface area contributed by atoms with Crippen LogP contribution in [0.5, 0.6) is 11.5 Å². The summed E-state index contributed by atoms with van der Waals surface area (Å²) in [6.45, 7) is 3.38. The first-order valence-corrected chi connectivity index (χ1v) is 11.1. The van der Waals surface area contributed by atoms with E-state index in [-0.39, 0.29) is 18.3 Å². The van der Waals surface area contributed by atoms with Crippen LogP contribution >= 0.6 is 34.5 Å². The number of nitrogens with one attached hydrogen (secondary N) is 1. The molecule has 3 rings (SSSR count). The fourth-order valence-corrected chi connectivity index (χ4v) is 4.19. The quantitative estimate of drug-likeness (QED) is 0.300. The number of aromatic nitrogens is 1. The number of hydrogen-bond acceptors (Lipinski definition) is 6. The van der Waals surface area contributed by atoms with E-state index < -0.39 is 0 Å². The molecule has 0 aliphatic rings. The predicted molar refractivity (Wildman–Crippen MR) is 128 cm³/mol. The number of benzene rings is 2. The third-order valence-electron chi connectivity index (χ3n) is 4.40. The summed E-state index contributed by atoms with van der Waals surface area (Å²) in [6.07, 6.45) is 3.02. The van der Waals surface area contributed by atoms with Crippen LogP contribution in [0.1, 0.15) is 33.4 Å². The van der Waals surface area contributed by atoms with Crippen LogP contribution in [0.2, 0.25) is 10.0 Å². The third kappa shape index (κ3) is 5.88. The highest BCUT2D eigenvalue weighted by Crippen LogP contribution is 2.31. The van der Waals surface area contributed by atoms with E-state index in [4.69, 9.17) is 32.7 Å². The van der Waals surface area contributed by atoms with Crippen molar-refractivity contribution in [1.82, 2.24) is 4.98 Å². The van der Waals surface area contributed by atoms with Gasteiger partial charge < -0.3 is 9.47 Å². The van der Waals surface area contributed by atoms with Crippen molar-refractivity contribution in [2.45, 2.75) is 20.5 Å². The Kier molecular flexibility index (Phi) is 7.90. The molecule has 0 fully saturated rings. The van der Waals surface area contributed by atoms with Crippen molar-refractivity contribution >= 4 is 57.4 Å². The highest BCUT2D eigenvalue weighted by Gasteiger charge is 2.13. The van der Waals surface area contributed by atoms with E-state index in [0.29, 0.717) is 42.8 Å². The number of amides is 1. The number of rotatable bonds is 8. The van der Waals surface area contributed by atoms with Gasteiger partial charge in [0.25, 0.3) is 0 Å². The Labute approximate surface area is 199 Å². The van der Waals surface area contributed by atoms with Gasteiger partial charge in [0.2, 0.25) is 5.91 Å². The lowest BCUT2D eigenvalue weighted by atomic mass is 10.2. The van der Waals surface area contributed by atoms with Gasteiger partial charge in [0.1, 0.15) is 6.61 Å². The molecule has 0 atom stereocenters. The molecule has 0 saturated heterocycles. The second kappa shape index (κ2) is 10.6. The molecule has 1 heterocycles.